The van der Waals surface area contributed by atoms with Gasteiger partial charge in [-0.25, -0.2) is 0 Å². The smallest absolute Gasteiger partial charge is 0.313 e. The number of carbonyl (C=O) groups is 4. The molecule has 272 valence electrons. The van der Waals surface area contributed by atoms with E-state index < -0.39 is 59.6 Å². The van der Waals surface area contributed by atoms with E-state index in [9.17, 15) is 14.7 Å². The van der Waals surface area contributed by atoms with Crippen LogP contribution in [0.15, 0.2) is 72.8 Å². The number of likely N-dealkylation sites (tertiary alicyclic amines) is 1. The van der Waals surface area contributed by atoms with Crippen LogP contribution in [-0.4, -0.2) is 90.4 Å². The van der Waals surface area contributed by atoms with E-state index in [2.05, 4.69) is 5.32 Å². The molecule has 4 aliphatic rings. The summed E-state index contributed by atoms with van der Waals surface area (Å²) in [5, 5.41) is 13.8. The Morgan fingerprint density at radius 3 is 2.41 bits per heavy atom. The lowest BCUT2D eigenvalue weighted by molar-refractivity contribution is -0.163. The summed E-state index contributed by atoms with van der Waals surface area (Å²) < 4.78 is 18.7. The molecule has 0 aromatic heterocycles. The molecule has 0 saturated carbocycles. The Balaban J connectivity index is 1.50. The van der Waals surface area contributed by atoms with Crippen molar-refractivity contribution in [1.82, 2.24) is 10.2 Å². The van der Waals surface area contributed by atoms with Gasteiger partial charge in [0.25, 0.3) is 5.91 Å². The highest BCUT2D eigenvalue weighted by atomic mass is 16.6. The number of nitrogens with zero attached hydrogens (tertiary/aromatic N) is 2. The van der Waals surface area contributed by atoms with E-state index >= 15 is 9.59 Å². The minimum Gasteiger partial charge on any atom is -0.455 e. The number of cyclic esters (lactones) is 1. The second-order valence-corrected chi connectivity index (χ2v) is 14.2. The van der Waals surface area contributed by atoms with Crippen LogP contribution in [0.4, 0.5) is 5.69 Å². The summed E-state index contributed by atoms with van der Waals surface area (Å²) in [5.74, 6) is -4.13. The van der Waals surface area contributed by atoms with Crippen LogP contribution in [0.2, 0.25) is 0 Å². The molecule has 51 heavy (non-hydrogen) atoms. The van der Waals surface area contributed by atoms with Gasteiger partial charge in [-0.2, -0.15) is 0 Å². The number of aryl methyl sites for hydroxylation is 2. The average Bonchev–Trinajstić information content (AvgIpc) is 3.50. The van der Waals surface area contributed by atoms with E-state index in [1.54, 1.807) is 23.1 Å². The first-order valence-corrected chi connectivity index (χ1v) is 17.9. The van der Waals surface area contributed by atoms with Crippen LogP contribution in [0.25, 0.3) is 0 Å². The molecule has 2 fully saturated rings. The maximum atomic E-state index is 15.1. The maximum absolute atomic E-state index is 15.1. The first-order chi connectivity index (χ1) is 24.6. The van der Waals surface area contributed by atoms with Crippen LogP contribution >= 0.6 is 0 Å². The fraction of sp³-hybridized carbons (Fsp3) is 0.500. The molecule has 11 heteroatoms. The van der Waals surface area contributed by atoms with E-state index in [-0.39, 0.29) is 43.9 Å². The fourth-order valence-electron chi connectivity index (χ4n) is 8.43. The maximum Gasteiger partial charge on any atom is 0.313 e. The number of rotatable bonds is 8. The number of amides is 3. The summed E-state index contributed by atoms with van der Waals surface area (Å²) in [6, 6.07) is 12.4. The topological polar surface area (TPSA) is 135 Å². The van der Waals surface area contributed by atoms with Crippen molar-refractivity contribution < 1.29 is 38.5 Å². The van der Waals surface area contributed by atoms with Crippen LogP contribution in [0.3, 0.4) is 0 Å². The van der Waals surface area contributed by atoms with Crippen LogP contribution in [0, 0.1) is 31.6 Å². The third-order valence-corrected chi connectivity index (χ3v) is 11.1. The SMILES string of the molecule is CC[C@H](C)[C@H](CO)N1C(=O)[C@H]2[C@@H]3C(=O)O[C@@H](c4ccccc4)[C@H](COC)NC(=O)CC/C=C\[C@@H]3O[C@]23C=CCN(c2c(C)cccc2C)C(=O)[C@H]13. The van der Waals surface area contributed by atoms with Crippen molar-refractivity contribution in [1.29, 1.82) is 0 Å². The molecular formula is C40H49N3O8. The molecule has 0 aliphatic carbocycles. The standard InChI is InChI=1S/C40H49N3O8/c1-6-24(2)29(22-44)43-36-38(47)42(34-25(3)14-12-15-26(34)4)21-13-20-40(36)33(37(43)46)32-30(51-40)18-10-11-19-31(45)41-28(23-49-5)35(50-39(32)48)27-16-8-7-9-17-27/h7-10,12-18,20,24,28-30,32-33,35-36,44H,6,11,19,21-23H2,1-5H3,(H,41,45)/b18-10-/t24-,28-,29-,30-,32+,33+,35-,36-,40+/m0/s1. The molecule has 2 N–H and O–H groups in total. The van der Waals surface area contributed by atoms with Gasteiger partial charge in [0.05, 0.1) is 37.3 Å². The van der Waals surface area contributed by atoms with E-state index in [0.717, 1.165) is 16.8 Å². The first kappa shape index (κ1) is 36.5. The zero-order valence-corrected chi connectivity index (χ0v) is 30.0. The van der Waals surface area contributed by atoms with Gasteiger partial charge in [0.15, 0.2) is 0 Å². The zero-order valence-electron chi connectivity index (χ0n) is 30.0. The summed E-state index contributed by atoms with van der Waals surface area (Å²) in [4.78, 5) is 61.1. The molecule has 3 amide bonds. The number of fused-ring (bicyclic) bond motifs is 2. The number of aliphatic hydroxyl groups is 1. The number of esters is 1. The second kappa shape index (κ2) is 15.1. The lowest BCUT2D eigenvalue weighted by atomic mass is 9.77. The average molecular weight is 700 g/mol. The van der Waals surface area contributed by atoms with E-state index in [0.29, 0.717) is 18.4 Å². The number of ether oxygens (including phenoxy) is 3. The lowest BCUT2D eigenvalue weighted by Crippen LogP contribution is -2.59. The van der Waals surface area contributed by atoms with Crippen molar-refractivity contribution in [3.63, 3.8) is 0 Å². The molecule has 4 heterocycles. The van der Waals surface area contributed by atoms with Gasteiger partial charge >= 0.3 is 5.97 Å². The summed E-state index contributed by atoms with van der Waals surface area (Å²) in [6.45, 7) is 7.74. The Morgan fingerprint density at radius 1 is 1.02 bits per heavy atom. The zero-order chi connectivity index (χ0) is 36.4. The van der Waals surface area contributed by atoms with Gasteiger partial charge in [0.1, 0.15) is 23.7 Å². The number of benzene rings is 2. The number of allylic oxidation sites excluding steroid dienone is 1. The Labute approximate surface area is 299 Å². The first-order valence-electron chi connectivity index (χ1n) is 17.9. The van der Waals surface area contributed by atoms with Crippen LogP contribution in [0.1, 0.15) is 55.9 Å². The number of nitrogens with one attached hydrogen (secondary N) is 1. The molecule has 2 saturated heterocycles. The van der Waals surface area contributed by atoms with E-state index in [1.165, 1.54) is 12.0 Å². The van der Waals surface area contributed by atoms with E-state index in [4.69, 9.17) is 14.2 Å². The number of para-hydroxylation sites is 1. The van der Waals surface area contributed by atoms with Gasteiger partial charge in [-0.3, -0.25) is 19.2 Å². The van der Waals surface area contributed by atoms with Gasteiger partial charge in [0, 0.05) is 25.8 Å². The molecular weight excluding hydrogens is 650 g/mol. The van der Waals surface area contributed by atoms with Crippen molar-refractivity contribution in [2.24, 2.45) is 17.8 Å². The molecule has 0 bridgehead atoms. The van der Waals surface area contributed by atoms with Gasteiger partial charge < -0.3 is 34.4 Å². The van der Waals surface area contributed by atoms with Gasteiger partial charge in [0.2, 0.25) is 11.8 Å². The van der Waals surface area contributed by atoms with Crippen LogP contribution in [-0.2, 0) is 33.4 Å². The van der Waals surface area contributed by atoms with Crippen LogP contribution < -0.4 is 10.2 Å². The predicted molar refractivity (Wildman–Crippen MR) is 190 cm³/mol. The van der Waals surface area contributed by atoms with Crippen molar-refractivity contribution >= 4 is 29.4 Å². The lowest BCUT2D eigenvalue weighted by Gasteiger charge is -2.40. The highest BCUT2D eigenvalue weighted by Gasteiger charge is 2.73. The third kappa shape index (κ3) is 6.51. The number of methoxy groups -OCH3 is 1. The number of hydrogen-bond donors (Lipinski definition) is 2. The summed E-state index contributed by atoms with van der Waals surface area (Å²) >= 11 is 0. The molecule has 1 spiro atoms. The Hall–Kier alpha value is -4.32. The summed E-state index contributed by atoms with van der Waals surface area (Å²) in [5.41, 5.74) is 1.67. The quantitative estimate of drug-likeness (QED) is 0.313. The highest BCUT2D eigenvalue weighted by Crippen LogP contribution is 2.54. The summed E-state index contributed by atoms with van der Waals surface area (Å²) in [6.07, 6.45) is 6.43. The second-order valence-electron chi connectivity index (χ2n) is 14.2. The number of carbonyl (C=O) groups excluding carboxylic acids is 4. The summed E-state index contributed by atoms with van der Waals surface area (Å²) in [7, 11) is 1.51. The Bertz CT molecular complexity index is 1670. The third-order valence-electron chi connectivity index (χ3n) is 11.1. The fourth-order valence-corrected chi connectivity index (χ4v) is 8.43. The molecule has 4 aliphatic heterocycles. The van der Waals surface area contributed by atoms with Crippen molar-refractivity contribution in [3.05, 3.63) is 89.5 Å². The number of aliphatic hydroxyl groups excluding tert-OH is 1. The van der Waals surface area contributed by atoms with Crippen molar-refractivity contribution in [2.75, 3.05) is 31.8 Å². The highest BCUT2D eigenvalue weighted by molar-refractivity contribution is 6.06. The molecule has 0 unspecified atom stereocenters. The minimum absolute atomic E-state index is 0.0691. The number of anilines is 1. The van der Waals surface area contributed by atoms with Crippen molar-refractivity contribution in [3.8, 4) is 0 Å². The predicted octanol–water partition coefficient (Wildman–Crippen LogP) is 3.96. The van der Waals surface area contributed by atoms with E-state index in [1.807, 2.05) is 82.3 Å². The van der Waals surface area contributed by atoms with Crippen LogP contribution in [0.5, 0.6) is 0 Å². The molecule has 11 nitrogen and oxygen atoms in total. The monoisotopic (exact) mass is 699 g/mol. The molecule has 0 radical (unpaired) electrons. The Morgan fingerprint density at radius 2 is 1.75 bits per heavy atom. The minimum atomic E-state index is -1.54. The number of hydrogen-bond acceptors (Lipinski definition) is 8. The molecule has 2 aromatic rings. The van der Waals surface area contributed by atoms with Gasteiger partial charge in [-0.1, -0.05) is 93.1 Å². The Kier molecular flexibility index (Phi) is 10.8. The largest absolute Gasteiger partial charge is 0.455 e. The normalized spacial score (nSPS) is 31.3. The van der Waals surface area contributed by atoms with Gasteiger partial charge in [-0.15, -0.1) is 0 Å². The molecule has 9 atom stereocenters. The molecule has 2 aromatic carbocycles. The van der Waals surface area contributed by atoms with Gasteiger partial charge in [-0.05, 0) is 42.9 Å². The molecule has 6 rings (SSSR count). The van der Waals surface area contributed by atoms with Crippen molar-refractivity contribution in [2.45, 2.75) is 82.9 Å².